The zero-order valence-electron chi connectivity index (χ0n) is 16.7. The SMILES string of the molecule is CCCCCCCCC(CC)COCCOCCOCCOCCO. The lowest BCUT2D eigenvalue weighted by atomic mass is 9.99. The van der Waals surface area contributed by atoms with Crippen LogP contribution in [-0.2, 0) is 18.9 Å². The number of aliphatic hydroxyl groups is 1. The van der Waals surface area contributed by atoms with Crippen LogP contribution in [0.25, 0.3) is 0 Å². The Hall–Kier alpha value is -0.200. The molecule has 0 rings (SSSR count). The van der Waals surface area contributed by atoms with Gasteiger partial charge in [-0.15, -0.1) is 0 Å². The normalized spacial score (nSPS) is 12.6. The predicted molar refractivity (Wildman–Crippen MR) is 102 cm³/mol. The minimum absolute atomic E-state index is 0.0565. The van der Waals surface area contributed by atoms with Gasteiger partial charge >= 0.3 is 0 Å². The molecule has 0 radical (unpaired) electrons. The maximum atomic E-state index is 8.54. The highest BCUT2D eigenvalue weighted by molar-refractivity contribution is 4.57. The van der Waals surface area contributed by atoms with Crippen LogP contribution in [-0.4, -0.2) is 64.6 Å². The lowest BCUT2D eigenvalue weighted by Gasteiger charge is -2.15. The van der Waals surface area contributed by atoms with Crippen molar-refractivity contribution in [1.29, 1.82) is 0 Å². The average molecular weight is 363 g/mol. The van der Waals surface area contributed by atoms with E-state index in [-0.39, 0.29) is 6.61 Å². The maximum Gasteiger partial charge on any atom is 0.0701 e. The molecule has 0 heterocycles. The Morgan fingerprint density at radius 1 is 0.640 bits per heavy atom. The fourth-order valence-electron chi connectivity index (χ4n) is 2.59. The van der Waals surface area contributed by atoms with E-state index in [1.165, 1.54) is 51.4 Å². The first-order chi connectivity index (χ1) is 12.3. The number of rotatable bonds is 21. The minimum Gasteiger partial charge on any atom is -0.394 e. The molecule has 5 heteroatoms. The van der Waals surface area contributed by atoms with Crippen molar-refractivity contribution in [3.63, 3.8) is 0 Å². The quantitative estimate of drug-likeness (QED) is 0.315. The summed E-state index contributed by atoms with van der Waals surface area (Å²) in [6, 6.07) is 0. The van der Waals surface area contributed by atoms with E-state index in [9.17, 15) is 0 Å². The van der Waals surface area contributed by atoms with E-state index in [1.807, 2.05) is 0 Å². The number of aliphatic hydroxyl groups excluding tert-OH is 1. The Kier molecular flexibility index (Phi) is 21.7. The van der Waals surface area contributed by atoms with Gasteiger partial charge in [-0.3, -0.25) is 0 Å². The van der Waals surface area contributed by atoms with Crippen LogP contribution in [0, 0.1) is 5.92 Å². The molecule has 0 aliphatic rings. The molecule has 0 aliphatic carbocycles. The number of hydrogen-bond acceptors (Lipinski definition) is 5. The standard InChI is InChI=1S/C20H42O5/c1-3-5-6-7-8-9-10-20(4-2)19-25-18-17-24-16-15-23-14-13-22-12-11-21/h20-21H,3-19H2,1-2H3. The van der Waals surface area contributed by atoms with E-state index >= 15 is 0 Å². The van der Waals surface area contributed by atoms with Gasteiger partial charge < -0.3 is 24.1 Å². The van der Waals surface area contributed by atoms with Gasteiger partial charge in [-0.25, -0.2) is 0 Å². The van der Waals surface area contributed by atoms with Crippen molar-refractivity contribution < 1.29 is 24.1 Å². The summed E-state index contributed by atoms with van der Waals surface area (Å²) in [4.78, 5) is 0. The molecule has 0 aliphatic heterocycles. The number of ether oxygens (including phenoxy) is 4. The first kappa shape index (κ1) is 24.8. The molecule has 25 heavy (non-hydrogen) atoms. The predicted octanol–water partition coefficient (Wildman–Crippen LogP) is 3.82. The van der Waals surface area contributed by atoms with Gasteiger partial charge in [0.25, 0.3) is 0 Å². The molecule has 5 nitrogen and oxygen atoms in total. The first-order valence-electron chi connectivity index (χ1n) is 10.3. The second-order valence-corrected chi connectivity index (χ2v) is 6.47. The molecule has 0 spiro atoms. The summed E-state index contributed by atoms with van der Waals surface area (Å²) >= 11 is 0. The van der Waals surface area contributed by atoms with Crippen LogP contribution in [0.15, 0.2) is 0 Å². The average Bonchev–Trinajstić information content (AvgIpc) is 2.63. The van der Waals surface area contributed by atoms with Gasteiger partial charge in [0.2, 0.25) is 0 Å². The van der Waals surface area contributed by atoms with Crippen LogP contribution in [0.3, 0.4) is 0 Å². The van der Waals surface area contributed by atoms with E-state index in [4.69, 9.17) is 24.1 Å². The van der Waals surface area contributed by atoms with Gasteiger partial charge in [0.15, 0.2) is 0 Å². The smallest absolute Gasteiger partial charge is 0.0701 e. The molecule has 0 aromatic heterocycles. The van der Waals surface area contributed by atoms with Crippen LogP contribution in [0.1, 0.15) is 65.2 Å². The Bertz CT molecular complexity index is 238. The molecule has 0 fully saturated rings. The Morgan fingerprint density at radius 2 is 1.16 bits per heavy atom. The molecule has 0 saturated carbocycles. The highest BCUT2D eigenvalue weighted by Crippen LogP contribution is 2.15. The zero-order chi connectivity index (χ0) is 18.4. The lowest BCUT2D eigenvalue weighted by molar-refractivity contribution is -0.00948. The van der Waals surface area contributed by atoms with Crippen LogP contribution in [0.5, 0.6) is 0 Å². The summed E-state index contributed by atoms with van der Waals surface area (Å²) < 4.78 is 21.7. The van der Waals surface area contributed by atoms with Gasteiger partial charge in [0.1, 0.15) is 0 Å². The third-order valence-electron chi connectivity index (χ3n) is 4.25. The van der Waals surface area contributed by atoms with Gasteiger partial charge in [-0.05, 0) is 12.3 Å². The van der Waals surface area contributed by atoms with Gasteiger partial charge in [0, 0.05) is 6.61 Å². The van der Waals surface area contributed by atoms with Crippen molar-refractivity contribution >= 4 is 0 Å². The Balaban J connectivity index is 3.24. The highest BCUT2D eigenvalue weighted by atomic mass is 16.6. The fourth-order valence-corrected chi connectivity index (χ4v) is 2.59. The minimum atomic E-state index is 0.0565. The van der Waals surface area contributed by atoms with E-state index in [2.05, 4.69) is 13.8 Å². The molecule has 0 bridgehead atoms. The molecule has 1 N–H and O–H groups in total. The summed E-state index contributed by atoms with van der Waals surface area (Å²) in [5.74, 6) is 0.688. The van der Waals surface area contributed by atoms with E-state index in [0.717, 1.165) is 6.61 Å². The van der Waals surface area contributed by atoms with Crippen molar-refractivity contribution in [2.75, 3.05) is 59.5 Å². The first-order valence-corrected chi connectivity index (χ1v) is 10.3. The summed E-state index contributed by atoms with van der Waals surface area (Å²) in [6.45, 7) is 9.28. The van der Waals surface area contributed by atoms with Gasteiger partial charge in [0.05, 0.1) is 52.9 Å². The third kappa shape index (κ3) is 20.0. The topological polar surface area (TPSA) is 57.2 Å². The summed E-state index contributed by atoms with van der Waals surface area (Å²) in [6.07, 6.45) is 10.7. The van der Waals surface area contributed by atoms with Gasteiger partial charge in [-0.2, -0.15) is 0 Å². The molecule has 152 valence electrons. The van der Waals surface area contributed by atoms with Crippen LogP contribution in [0.4, 0.5) is 0 Å². The largest absolute Gasteiger partial charge is 0.394 e. The van der Waals surface area contributed by atoms with Crippen LogP contribution in [0.2, 0.25) is 0 Å². The van der Waals surface area contributed by atoms with Crippen molar-refractivity contribution in [1.82, 2.24) is 0 Å². The number of hydrogen-bond donors (Lipinski definition) is 1. The lowest BCUT2D eigenvalue weighted by Crippen LogP contribution is -2.14. The molecule has 1 unspecified atom stereocenters. The summed E-state index contributed by atoms with van der Waals surface area (Å²) in [5, 5.41) is 8.54. The molecule has 1 atom stereocenters. The molecule has 0 aromatic carbocycles. The molecule has 0 amide bonds. The van der Waals surface area contributed by atoms with Crippen molar-refractivity contribution in [2.24, 2.45) is 5.92 Å². The van der Waals surface area contributed by atoms with Crippen molar-refractivity contribution in [2.45, 2.75) is 65.2 Å². The fraction of sp³-hybridized carbons (Fsp3) is 1.00. The highest BCUT2D eigenvalue weighted by Gasteiger charge is 2.06. The summed E-state index contributed by atoms with van der Waals surface area (Å²) in [7, 11) is 0. The molecule has 0 saturated heterocycles. The maximum absolute atomic E-state index is 8.54. The third-order valence-corrected chi connectivity index (χ3v) is 4.25. The van der Waals surface area contributed by atoms with Gasteiger partial charge in [-0.1, -0.05) is 58.8 Å². The van der Waals surface area contributed by atoms with Crippen LogP contribution >= 0.6 is 0 Å². The molecular formula is C20H42O5. The molecular weight excluding hydrogens is 320 g/mol. The zero-order valence-corrected chi connectivity index (χ0v) is 16.7. The summed E-state index contributed by atoms with van der Waals surface area (Å²) in [5.41, 5.74) is 0. The second kappa shape index (κ2) is 21.8. The van der Waals surface area contributed by atoms with Crippen molar-refractivity contribution in [3.05, 3.63) is 0 Å². The monoisotopic (exact) mass is 362 g/mol. The van der Waals surface area contributed by atoms with Crippen LogP contribution < -0.4 is 0 Å². The van der Waals surface area contributed by atoms with E-state index < -0.39 is 0 Å². The van der Waals surface area contributed by atoms with Crippen molar-refractivity contribution in [3.8, 4) is 0 Å². The van der Waals surface area contributed by atoms with E-state index in [1.54, 1.807) is 0 Å². The van der Waals surface area contributed by atoms with E-state index in [0.29, 0.717) is 52.2 Å². The number of unbranched alkanes of at least 4 members (excludes halogenated alkanes) is 5. The molecule has 0 aromatic rings. The second-order valence-electron chi connectivity index (χ2n) is 6.47. The Labute approximate surface area is 155 Å². The Morgan fingerprint density at radius 3 is 1.72 bits per heavy atom.